The smallest absolute Gasteiger partial charge is 0.151 e. The van der Waals surface area contributed by atoms with Crippen molar-refractivity contribution in [3.05, 3.63) is 47.8 Å². The molecule has 1 aromatic heterocycles. The monoisotopic (exact) mass is 227 g/mol. The summed E-state index contributed by atoms with van der Waals surface area (Å²) in [6.07, 6.45) is 4.05. The van der Waals surface area contributed by atoms with Crippen LogP contribution in [0.4, 0.5) is 0 Å². The lowest BCUT2D eigenvalue weighted by molar-refractivity contribution is 0.112. The van der Waals surface area contributed by atoms with Crippen LogP contribution in [-0.4, -0.2) is 18.4 Å². The van der Waals surface area contributed by atoms with Gasteiger partial charge < -0.3 is 4.74 Å². The number of aldehydes is 1. The maximum atomic E-state index is 10.7. The minimum absolute atomic E-state index is 0.560. The molecule has 17 heavy (non-hydrogen) atoms. The summed E-state index contributed by atoms with van der Waals surface area (Å²) in [6, 6.07) is 7.74. The predicted molar refractivity (Wildman–Crippen MR) is 66.3 cm³/mol. The van der Waals surface area contributed by atoms with Crippen LogP contribution in [0.1, 0.15) is 15.9 Å². The number of rotatable bonds is 3. The van der Waals surface area contributed by atoms with Crippen LogP contribution in [0, 0.1) is 6.92 Å². The second-order valence-corrected chi connectivity index (χ2v) is 3.83. The lowest BCUT2D eigenvalue weighted by Gasteiger charge is -2.09. The van der Waals surface area contributed by atoms with Crippen LogP contribution in [0.5, 0.6) is 5.75 Å². The molecule has 0 saturated heterocycles. The molecule has 0 aliphatic heterocycles. The maximum absolute atomic E-state index is 10.7. The second kappa shape index (κ2) is 4.78. The van der Waals surface area contributed by atoms with Gasteiger partial charge in [-0.2, -0.15) is 0 Å². The van der Waals surface area contributed by atoms with Crippen LogP contribution in [0.3, 0.4) is 0 Å². The fraction of sp³-hybridized carbons (Fsp3) is 0.143. The molecule has 0 bridgehead atoms. The molecule has 1 aromatic carbocycles. The third kappa shape index (κ3) is 2.33. The first-order valence-corrected chi connectivity index (χ1v) is 5.30. The van der Waals surface area contributed by atoms with Gasteiger partial charge in [-0.1, -0.05) is 12.1 Å². The zero-order valence-corrected chi connectivity index (χ0v) is 9.81. The number of hydrogen-bond donors (Lipinski definition) is 0. The highest BCUT2D eigenvalue weighted by atomic mass is 16.5. The van der Waals surface area contributed by atoms with E-state index in [4.69, 9.17) is 4.74 Å². The molecule has 0 spiro atoms. The molecule has 86 valence electrons. The van der Waals surface area contributed by atoms with Crippen molar-refractivity contribution in [3.8, 4) is 16.9 Å². The largest absolute Gasteiger partial charge is 0.496 e. The minimum Gasteiger partial charge on any atom is -0.496 e. The van der Waals surface area contributed by atoms with Crippen molar-refractivity contribution in [2.75, 3.05) is 7.11 Å². The van der Waals surface area contributed by atoms with Gasteiger partial charge in [0.1, 0.15) is 5.75 Å². The molecular weight excluding hydrogens is 214 g/mol. The summed E-state index contributed by atoms with van der Waals surface area (Å²) >= 11 is 0. The van der Waals surface area contributed by atoms with Gasteiger partial charge in [0, 0.05) is 29.1 Å². The van der Waals surface area contributed by atoms with E-state index in [-0.39, 0.29) is 0 Å². The van der Waals surface area contributed by atoms with E-state index >= 15 is 0 Å². The summed E-state index contributed by atoms with van der Waals surface area (Å²) in [5.74, 6) is 0.787. The lowest BCUT2D eigenvalue weighted by Crippen LogP contribution is -1.91. The molecule has 1 heterocycles. The Morgan fingerprint density at radius 3 is 2.76 bits per heavy atom. The van der Waals surface area contributed by atoms with E-state index in [1.54, 1.807) is 19.4 Å². The quantitative estimate of drug-likeness (QED) is 0.757. The molecule has 0 saturated carbocycles. The average molecular weight is 227 g/mol. The first-order valence-electron chi connectivity index (χ1n) is 5.30. The molecular formula is C14H13NO2. The zero-order valence-electron chi connectivity index (χ0n) is 9.81. The maximum Gasteiger partial charge on any atom is 0.151 e. The Balaban J connectivity index is 2.55. The van der Waals surface area contributed by atoms with Crippen LogP contribution in [0.2, 0.25) is 0 Å². The van der Waals surface area contributed by atoms with Gasteiger partial charge in [0.2, 0.25) is 0 Å². The molecule has 3 nitrogen and oxygen atoms in total. The van der Waals surface area contributed by atoms with E-state index in [0.29, 0.717) is 5.56 Å². The number of carbonyl (C=O) groups excluding carboxylic acids is 1. The molecule has 0 aliphatic carbocycles. The number of benzene rings is 1. The third-order valence-electron chi connectivity index (χ3n) is 2.56. The topological polar surface area (TPSA) is 39.2 Å². The van der Waals surface area contributed by atoms with Gasteiger partial charge in [-0.3, -0.25) is 9.78 Å². The number of methoxy groups -OCH3 is 1. The molecule has 0 amide bonds. The van der Waals surface area contributed by atoms with Gasteiger partial charge in [-0.15, -0.1) is 0 Å². The Kier molecular flexibility index (Phi) is 3.19. The Morgan fingerprint density at radius 1 is 1.24 bits per heavy atom. The first-order chi connectivity index (χ1) is 8.24. The highest BCUT2D eigenvalue weighted by Crippen LogP contribution is 2.30. The second-order valence-electron chi connectivity index (χ2n) is 3.83. The van der Waals surface area contributed by atoms with E-state index in [0.717, 1.165) is 28.7 Å². The summed E-state index contributed by atoms with van der Waals surface area (Å²) in [6.45, 7) is 2.01. The molecule has 3 heteroatoms. The number of carbonyl (C=O) groups is 1. The number of aromatic nitrogens is 1. The zero-order chi connectivity index (χ0) is 12.3. The van der Waals surface area contributed by atoms with Crippen LogP contribution in [0.15, 0.2) is 36.7 Å². The molecule has 0 radical (unpaired) electrons. The van der Waals surface area contributed by atoms with E-state index in [1.807, 2.05) is 25.1 Å². The summed E-state index contributed by atoms with van der Waals surface area (Å²) in [5, 5.41) is 0. The van der Waals surface area contributed by atoms with Crippen LogP contribution < -0.4 is 4.74 Å². The first kappa shape index (κ1) is 11.3. The Bertz CT molecular complexity index is 550. The van der Waals surface area contributed by atoms with Gasteiger partial charge in [-0.25, -0.2) is 0 Å². The molecule has 0 N–H and O–H groups in total. The number of pyridine rings is 1. The molecule has 0 fully saturated rings. The summed E-state index contributed by atoms with van der Waals surface area (Å²) in [7, 11) is 1.63. The van der Waals surface area contributed by atoms with E-state index in [1.165, 1.54) is 6.20 Å². The van der Waals surface area contributed by atoms with Gasteiger partial charge in [0.05, 0.1) is 7.11 Å². The van der Waals surface area contributed by atoms with Gasteiger partial charge in [-0.05, 0) is 24.6 Å². The Morgan fingerprint density at radius 2 is 2.06 bits per heavy atom. The summed E-state index contributed by atoms with van der Waals surface area (Å²) in [5.41, 5.74) is 3.51. The Labute approximate surface area is 100 Å². The van der Waals surface area contributed by atoms with Gasteiger partial charge in [0.15, 0.2) is 6.29 Å². The predicted octanol–water partition coefficient (Wildman–Crippen LogP) is 2.88. The number of hydrogen-bond acceptors (Lipinski definition) is 3. The van der Waals surface area contributed by atoms with Crippen molar-refractivity contribution in [1.82, 2.24) is 4.98 Å². The molecule has 0 atom stereocenters. The number of aryl methyl sites for hydroxylation is 1. The highest BCUT2D eigenvalue weighted by Gasteiger charge is 2.06. The van der Waals surface area contributed by atoms with Crippen LogP contribution in [0.25, 0.3) is 11.1 Å². The minimum atomic E-state index is 0.560. The molecule has 2 aromatic rings. The van der Waals surface area contributed by atoms with E-state index < -0.39 is 0 Å². The van der Waals surface area contributed by atoms with Gasteiger partial charge in [0.25, 0.3) is 0 Å². The fourth-order valence-electron chi connectivity index (χ4n) is 1.71. The molecule has 0 unspecified atom stereocenters. The molecule has 0 aliphatic rings. The van der Waals surface area contributed by atoms with Crippen molar-refractivity contribution in [1.29, 1.82) is 0 Å². The van der Waals surface area contributed by atoms with Crippen molar-refractivity contribution in [2.45, 2.75) is 6.92 Å². The third-order valence-corrected chi connectivity index (χ3v) is 2.56. The summed E-state index contributed by atoms with van der Waals surface area (Å²) < 4.78 is 5.34. The summed E-state index contributed by atoms with van der Waals surface area (Å²) in [4.78, 5) is 14.8. The average Bonchev–Trinajstić information content (AvgIpc) is 2.38. The van der Waals surface area contributed by atoms with Crippen LogP contribution in [-0.2, 0) is 0 Å². The number of nitrogens with zero attached hydrogens (tertiary/aromatic N) is 1. The normalized spacial score (nSPS) is 10.0. The number of ether oxygens (including phenoxy) is 1. The van der Waals surface area contributed by atoms with Crippen molar-refractivity contribution >= 4 is 6.29 Å². The fourth-order valence-corrected chi connectivity index (χ4v) is 1.71. The Hall–Kier alpha value is -2.16. The SMILES string of the molecule is COc1cc(C)ccc1-c1cncc(C=O)c1. The van der Waals surface area contributed by atoms with Crippen molar-refractivity contribution < 1.29 is 9.53 Å². The molecule has 2 rings (SSSR count). The van der Waals surface area contributed by atoms with Crippen molar-refractivity contribution in [2.24, 2.45) is 0 Å². The van der Waals surface area contributed by atoms with Gasteiger partial charge >= 0.3 is 0 Å². The van der Waals surface area contributed by atoms with E-state index in [9.17, 15) is 4.79 Å². The standard InChI is InChI=1S/C14H13NO2/c1-10-3-4-13(14(5-10)17-2)12-6-11(9-16)7-15-8-12/h3-9H,1-2H3. The van der Waals surface area contributed by atoms with E-state index in [2.05, 4.69) is 4.98 Å². The van der Waals surface area contributed by atoms with Crippen LogP contribution >= 0.6 is 0 Å². The van der Waals surface area contributed by atoms with Crippen molar-refractivity contribution in [3.63, 3.8) is 0 Å². The lowest BCUT2D eigenvalue weighted by atomic mass is 10.0. The highest BCUT2D eigenvalue weighted by molar-refractivity contribution is 5.79.